The van der Waals surface area contributed by atoms with Crippen molar-refractivity contribution >= 4 is 16.9 Å². The lowest BCUT2D eigenvalue weighted by Gasteiger charge is -2.28. The summed E-state index contributed by atoms with van der Waals surface area (Å²) in [6.45, 7) is 4.23. The Labute approximate surface area is 122 Å². The highest BCUT2D eigenvalue weighted by molar-refractivity contribution is 5.85. The van der Waals surface area contributed by atoms with Crippen molar-refractivity contribution in [2.45, 2.75) is 12.6 Å². The predicted octanol–water partition coefficient (Wildman–Crippen LogP) is -0.439. The number of aliphatic hydroxyl groups is 1. The highest BCUT2D eigenvalue weighted by Gasteiger charge is 2.17. The Morgan fingerprint density at radius 3 is 2.90 bits per heavy atom. The quantitative estimate of drug-likeness (QED) is 0.772. The van der Waals surface area contributed by atoms with Gasteiger partial charge < -0.3 is 15.2 Å². The lowest BCUT2D eigenvalue weighted by Crippen LogP contribution is -2.42. The fraction of sp³-hybridized carbons (Fsp3) is 0.615. The van der Waals surface area contributed by atoms with Crippen LogP contribution in [0.2, 0.25) is 0 Å². The molecule has 2 aromatic rings. The third-order valence-corrected chi connectivity index (χ3v) is 3.63. The third kappa shape index (κ3) is 3.12. The summed E-state index contributed by atoms with van der Waals surface area (Å²) in [5.74, 6) is 0.744. The fourth-order valence-corrected chi connectivity index (χ4v) is 2.56. The molecule has 0 spiro atoms. The Hall–Kier alpha value is -1.77. The maximum atomic E-state index is 10.3. The summed E-state index contributed by atoms with van der Waals surface area (Å²) >= 11 is 0. The van der Waals surface area contributed by atoms with Crippen molar-refractivity contribution in [2.75, 3.05) is 45.2 Å². The van der Waals surface area contributed by atoms with Crippen molar-refractivity contribution in [2.24, 2.45) is 0 Å². The molecule has 8 nitrogen and oxygen atoms in total. The van der Waals surface area contributed by atoms with Crippen LogP contribution in [0.5, 0.6) is 0 Å². The number of morpholine rings is 1. The number of nitrogens with one attached hydrogen (secondary N) is 1. The largest absolute Gasteiger partial charge is 0.390 e. The van der Waals surface area contributed by atoms with Gasteiger partial charge in [-0.15, -0.1) is 0 Å². The second-order valence-corrected chi connectivity index (χ2v) is 5.10. The minimum Gasteiger partial charge on any atom is -0.390 e. The zero-order valence-corrected chi connectivity index (χ0v) is 12.1. The molecule has 1 aliphatic rings. The lowest BCUT2D eigenvalue weighted by molar-refractivity contribution is 0.0110. The van der Waals surface area contributed by atoms with E-state index in [0.29, 0.717) is 13.1 Å². The van der Waals surface area contributed by atoms with Gasteiger partial charge in [-0.3, -0.25) is 4.90 Å². The number of anilines is 1. The maximum absolute atomic E-state index is 10.3. The van der Waals surface area contributed by atoms with Gasteiger partial charge >= 0.3 is 0 Å². The number of ether oxygens (including phenoxy) is 1. The molecular weight excluding hydrogens is 272 g/mol. The van der Waals surface area contributed by atoms with Crippen LogP contribution in [-0.4, -0.2) is 75.8 Å². The Morgan fingerprint density at radius 2 is 2.14 bits per heavy atom. The van der Waals surface area contributed by atoms with Gasteiger partial charge in [0.05, 0.1) is 37.4 Å². The number of hydrogen-bond donors (Lipinski definition) is 2. The van der Waals surface area contributed by atoms with Crippen LogP contribution in [-0.2, 0) is 11.3 Å². The zero-order valence-electron chi connectivity index (χ0n) is 12.1. The number of aromatic nitrogens is 4. The summed E-state index contributed by atoms with van der Waals surface area (Å²) in [4.78, 5) is 10.6. The number of hydrogen-bond acceptors (Lipinski definition) is 7. The molecule has 114 valence electrons. The molecule has 0 aliphatic carbocycles. The highest BCUT2D eigenvalue weighted by Crippen LogP contribution is 2.18. The molecule has 2 aromatic heterocycles. The summed E-state index contributed by atoms with van der Waals surface area (Å²) in [5.41, 5.74) is 0.732. The fourth-order valence-electron chi connectivity index (χ4n) is 2.56. The van der Waals surface area contributed by atoms with Gasteiger partial charge in [0.2, 0.25) is 0 Å². The normalized spacial score (nSPS) is 18.0. The molecule has 0 saturated carbocycles. The molecule has 0 bridgehead atoms. The zero-order chi connectivity index (χ0) is 14.7. The summed E-state index contributed by atoms with van der Waals surface area (Å²) < 4.78 is 7.03. The van der Waals surface area contributed by atoms with Crippen LogP contribution < -0.4 is 5.32 Å². The van der Waals surface area contributed by atoms with E-state index < -0.39 is 6.10 Å². The molecule has 1 saturated heterocycles. The topological polar surface area (TPSA) is 88.3 Å². The maximum Gasteiger partial charge on any atom is 0.163 e. The second kappa shape index (κ2) is 6.33. The van der Waals surface area contributed by atoms with E-state index in [2.05, 4.69) is 25.3 Å². The first kappa shape index (κ1) is 14.2. The first-order valence-electron chi connectivity index (χ1n) is 7.10. The Balaban J connectivity index is 1.69. The minimum atomic E-state index is -0.487. The van der Waals surface area contributed by atoms with E-state index in [4.69, 9.17) is 4.74 Å². The van der Waals surface area contributed by atoms with E-state index in [-0.39, 0.29) is 0 Å². The monoisotopic (exact) mass is 292 g/mol. The van der Waals surface area contributed by atoms with Crippen molar-refractivity contribution in [3.05, 3.63) is 12.5 Å². The molecule has 8 heteroatoms. The second-order valence-electron chi connectivity index (χ2n) is 5.10. The Morgan fingerprint density at radius 1 is 1.33 bits per heavy atom. The van der Waals surface area contributed by atoms with Gasteiger partial charge in [-0.1, -0.05) is 0 Å². The highest BCUT2D eigenvalue weighted by atomic mass is 16.5. The molecule has 3 rings (SSSR count). The van der Waals surface area contributed by atoms with Crippen molar-refractivity contribution in [1.82, 2.24) is 24.6 Å². The van der Waals surface area contributed by atoms with Crippen molar-refractivity contribution in [3.8, 4) is 0 Å². The average Bonchev–Trinajstić information content (AvgIpc) is 2.91. The van der Waals surface area contributed by atoms with E-state index in [0.717, 1.165) is 43.2 Å². The molecular formula is C13H20N6O2. The molecule has 1 aliphatic heterocycles. The molecule has 1 fully saturated rings. The van der Waals surface area contributed by atoms with Gasteiger partial charge in [-0.2, -0.15) is 5.10 Å². The molecule has 2 N–H and O–H groups in total. The molecule has 0 radical (unpaired) electrons. The van der Waals surface area contributed by atoms with E-state index >= 15 is 0 Å². The molecule has 0 aromatic carbocycles. The van der Waals surface area contributed by atoms with Crippen LogP contribution in [0.3, 0.4) is 0 Å². The van der Waals surface area contributed by atoms with Gasteiger partial charge in [0.15, 0.2) is 5.65 Å². The number of fused-ring (bicyclic) bond motifs is 1. The van der Waals surface area contributed by atoms with Crippen LogP contribution in [0.25, 0.3) is 11.0 Å². The van der Waals surface area contributed by atoms with Crippen LogP contribution in [0.1, 0.15) is 0 Å². The van der Waals surface area contributed by atoms with E-state index in [1.165, 1.54) is 6.33 Å². The molecule has 21 heavy (non-hydrogen) atoms. The minimum absolute atomic E-state index is 0.418. The van der Waals surface area contributed by atoms with Gasteiger partial charge in [0.25, 0.3) is 0 Å². The Bertz CT molecular complexity index is 595. The first-order valence-corrected chi connectivity index (χ1v) is 7.10. The standard InChI is InChI=1S/C13H20N6O2/c1-14-12-11-6-17-19(13(11)16-9-15-12)8-10(20)7-18-2-4-21-5-3-18/h6,9-10,20H,2-5,7-8H2,1H3,(H,14,15,16). The number of nitrogens with zero attached hydrogens (tertiary/aromatic N) is 5. The molecule has 0 amide bonds. The number of β-amino-alcohol motifs (C(OH)–C–C–N with tert-alkyl or cyclic N) is 1. The lowest BCUT2D eigenvalue weighted by atomic mass is 10.3. The average molecular weight is 292 g/mol. The van der Waals surface area contributed by atoms with Crippen molar-refractivity contribution < 1.29 is 9.84 Å². The smallest absolute Gasteiger partial charge is 0.163 e. The molecule has 1 unspecified atom stereocenters. The SMILES string of the molecule is CNc1ncnc2c1cnn2CC(O)CN1CCOCC1. The van der Waals surface area contributed by atoms with E-state index in [1.54, 1.807) is 10.9 Å². The van der Waals surface area contributed by atoms with Crippen molar-refractivity contribution in [3.63, 3.8) is 0 Å². The van der Waals surface area contributed by atoms with Crippen LogP contribution in [0.4, 0.5) is 5.82 Å². The summed E-state index contributed by atoms with van der Waals surface area (Å²) in [6, 6.07) is 0. The van der Waals surface area contributed by atoms with E-state index in [9.17, 15) is 5.11 Å². The van der Waals surface area contributed by atoms with Crippen molar-refractivity contribution in [1.29, 1.82) is 0 Å². The van der Waals surface area contributed by atoms with Crippen LogP contribution in [0.15, 0.2) is 12.5 Å². The van der Waals surface area contributed by atoms with Gasteiger partial charge in [-0.05, 0) is 0 Å². The Kier molecular flexibility index (Phi) is 4.28. The van der Waals surface area contributed by atoms with Crippen LogP contribution >= 0.6 is 0 Å². The summed E-state index contributed by atoms with van der Waals surface area (Å²) in [5, 5.41) is 18.4. The van der Waals surface area contributed by atoms with Gasteiger partial charge in [0.1, 0.15) is 12.1 Å². The first-order chi connectivity index (χ1) is 10.3. The van der Waals surface area contributed by atoms with E-state index in [1.807, 2.05) is 7.05 Å². The number of aliphatic hydroxyl groups excluding tert-OH is 1. The van der Waals surface area contributed by atoms with Gasteiger partial charge in [0, 0.05) is 26.7 Å². The predicted molar refractivity (Wildman–Crippen MR) is 78.1 cm³/mol. The van der Waals surface area contributed by atoms with Gasteiger partial charge in [-0.25, -0.2) is 14.6 Å². The number of rotatable bonds is 5. The molecule has 1 atom stereocenters. The van der Waals surface area contributed by atoms with Crippen LogP contribution in [0, 0.1) is 0 Å². The summed E-state index contributed by atoms with van der Waals surface area (Å²) in [6.07, 6.45) is 2.74. The molecule has 3 heterocycles. The third-order valence-electron chi connectivity index (χ3n) is 3.63. The summed E-state index contributed by atoms with van der Waals surface area (Å²) in [7, 11) is 1.81.